The monoisotopic (exact) mass is 300 g/mol. The highest BCUT2D eigenvalue weighted by molar-refractivity contribution is 4.84. The summed E-state index contributed by atoms with van der Waals surface area (Å²) < 4.78 is 0. The van der Waals surface area contributed by atoms with Gasteiger partial charge in [-0.1, -0.05) is 34.6 Å². The Morgan fingerprint density at radius 1 is 1.00 bits per heavy atom. The van der Waals surface area contributed by atoms with Crippen LogP contribution in [0.15, 0.2) is 0 Å². The first-order valence-corrected chi connectivity index (χ1v) is 8.91. The van der Waals surface area contributed by atoms with E-state index in [9.17, 15) is 5.11 Å². The van der Waals surface area contributed by atoms with Crippen LogP contribution in [0.4, 0.5) is 0 Å². The van der Waals surface area contributed by atoms with E-state index in [4.69, 9.17) is 0 Å². The fourth-order valence-corrected chi connectivity index (χ4v) is 2.61. The highest BCUT2D eigenvalue weighted by Gasteiger charge is 2.24. The first kappa shape index (κ1) is 20.9. The summed E-state index contributed by atoms with van der Waals surface area (Å²) in [6, 6.07) is 0. The van der Waals surface area contributed by atoms with Crippen molar-refractivity contribution in [3.63, 3.8) is 0 Å². The Hall–Kier alpha value is -0.120. The lowest BCUT2D eigenvalue weighted by Crippen LogP contribution is -2.46. The van der Waals surface area contributed by atoms with Gasteiger partial charge in [0.05, 0.1) is 6.61 Å². The van der Waals surface area contributed by atoms with E-state index in [1.165, 1.54) is 25.9 Å². The molecule has 0 aliphatic heterocycles. The van der Waals surface area contributed by atoms with E-state index in [0.717, 1.165) is 37.6 Å². The van der Waals surface area contributed by atoms with Gasteiger partial charge in [-0.05, 0) is 70.6 Å². The second-order valence-electron chi connectivity index (χ2n) is 7.35. The van der Waals surface area contributed by atoms with Crippen LogP contribution < -0.4 is 5.32 Å². The number of aliphatic hydroxyl groups is 1. The van der Waals surface area contributed by atoms with Gasteiger partial charge in [0.15, 0.2) is 0 Å². The minimum absolute atomic E-state index is 0.0816. The molecule has 0 aliphatic rings. The molecule has 128 valence electrons. The van der Waals surface area contributed by atoms with Crippen LogP contribution in [0.1, 0.15) is 66.7 Å². The standard InChI is InChI=1S/C18H40N2O/c1-7-18(15-21,19-6)11-8-12-20(13-9-16(2)3)14-10-17(4)5/h16-17,19,21H,7-15H2,1-6H3. The third-order valence-corrected chi connectivity index (χ3v) is 4.68. The van der Waals surface area contributed by atoms with Gasteiger partial charge in [-0.15, -0.1) is 0 Å². The van der Waals surface area contributed by atoms with Gasteiger partial charge in [-0.2, -0.15) is 0 Å². The van der Waals surface area contributed by atoms with Crippen LogP contribution >= 0.6 is 0 Å². The van der Waals surface area contributed by atoms with Crippen molar-refractivity contribution in [2.24, 2.45) is 11.8 Å². The van der Waals surface area contributed by atoms with Crippen molar-refractivity contribution in [3.8, 4) is 0 Å². The molecule has 2 N–H and O–H groups in total. The topological polar surface area (TPSA) is 35.5 Å². The molecular weight excluding hydrogens is 260 g/mol. The van der Waals surface area contributed by atoms with Gasteiger partial charge in [0, 0.05) is 5.54 Å². The molecule has 0 bridgehead atoms. The number of nitrogens with zero attached hydrogens (tertiary/aromatic N) is 1. The summed E-state index contributed by atoms with van der Waals surface area (Å²) in [7, 11) is 1.97. The van der Waals surface area contributed by atoms with Crippen LogP contribution in [0.3, 0.4) is 0 Å². The predicted molar refractivity (Wildman–Crippen MR) is 93.8 cm³/mol. The Morgan fingerprint density at radius 3 is 1.86 bits per heavy atom. The second-order valence-corrected chi connectivity index (χ2v) is 7.35. The molecular formula is C18H40N2O. The summed E-state index contributed by atoms with van der Waals surface area (Å²) in [5.41, 5.74) is -0.0816. The zero-order chi connectivity index (χ0) is 16.3. The lowest BCUT2D eigenvalue weighted by Gasteiger charge is -2.32. The van der Waals surface area contributed by atoms with Crippen molar-refractivity contribution in [1.82, 2.24) is 10.2 Å². The maximum atomic E-state index is 9.62. The third kappa shape index (κ3) is 9.49. The summed E-state index contributed by atoms with van der Waals surface area (Å²) in [5, 5.41) is 12.9. The zero-order valence-corrected chi connectivity index (χ0v) is 15.4. The smallest absolute Gasteiger partial charge is 0.0613 e. The Labute approximate surface area is 133 Å². The molecule has 1 unspecified atom stereocenters. The summed E-state index contributed by atoms with van der Waals surface area (Å²) in [5.74, 6) is 1.55. The van der Waals surface area contributed by atoms with Gasteiger partial charge in [0.1, 0.15) is 0 Å². The van der Waals surface area contributed by atoms with E-state index in [1.807, 2.05) is 7.05 Å². The number of hydrogen-bond donors (Lipinski definition) is 2. The summed E-state index contributed by atoms with van der Waals surface area (Å²) >= 11 is 0. The average molecular weight is 301 g/mol. The Morgan fingerprint density at radius 2 is 1.52 bits per heavy atom. The van der Waals surface area contributed by atoms with E-state index >= 15 is 0 Å². The maximum Gasteiger partial charge on any atom is 0.0613 e. The molecule has 0 heterocycles. The van der Waals surface area contributed by atoms with Crippen molar-refractivity contribution in [2.75, 3.05) is 33.3 Å². The molecule has 0 aromatic rings. The summed E-state index contributed by atoms with van der Waals surface area (Å²) in [6.45, 7) is 15.2. The number of nitrogens with one attached hydrogen (secondary N) is 1. The van der Waals surface area contributed by atoms with Gasteiger partial charge >= 0.3 is 0 Å². The summed E-state index contributed by atoms with van der Waals surface area (Å²) in [4.78, 5) is 2.62. The van der Waals surface area contributed by atoms with Crippen LogP contribution in [-0.2, 0) is 0 Å². The lowest BCUT2D eigenvalue weighted by atomic mass is 9.91. The van der Waals surface area contributed by atoms with Gasteiger partial charge in [-0.25, -0.2) is 0 Å². The second kappa shape index (κ2) is 11.4. The van der Waals surface area contributed by atoms with E-state index in [1.54, 1.807) is 0 Å². The molecule has 0 fully saturated rings. The fourth-order valence-electron chi connectivity index (χ4n) is 2.61. The molecule has 0 spiro atoms. The quantitative estimate of drug-likeness (QED) is 0.546. The van der Waals surface area contributed by atoms with Gasteiger partial charge in [-0.3, -0.25) is 0 Å². The van der Waals surface area contributed by atoms with Crippen molar-refractivity contribution in [3.05, 3.63) is 0 Å². The number of hydrogen-bond acceptors (Lipinski definition) is 3. The van der Waals surface area contributed by atoms with Crippen LogP contribution in [0.25, 0.3) is 0 Å². The van der Waals surface area contributed by atoms with Gasteiger partial charge in [0.2, 0.25) is 0 Å². The zero-order valence-electron chi connectivity index (χ0n) is 15.4. The third-order valence-electron chi connectivity index (χ3n) is 4.68. The molecule has 21 heavy (non-hydrogen) atoms. The maximum absolute atomic E-state index is 9.62. The number of likely N-dealkylation sites (N-methyl/N-ethyl adjacent to an activating group) is 1. The molecule has 0 aromatic heterocycles. The molecule has 1 atom stereocenters. The van der Waals surface area contributed by atoms with Gasteiger partial charge < -0.3 is 15.3 Å². The molecule has 3 heteroatoms. The molecule has 0 amide bonds. The highest BCUT2D eigenvalue weighted by Crippen LogP contribution is 2.17. The van der Waals surface area contributed by atoms with Gasteiger partial charge in [0.25, 0.3) is 0 Å². The minimum atomic E-state index is -0.0816. The van der Waals surface area contributed by atoms with E-state index in [-0.39, 0.29) is 12.1 Å². The summed E-state index contributed by atoms with van der Waals surface area (Å²) in [6.07, 6.45) is 5.76. The molecule has 0 aliphatic carbocycles. The highest BCUT2D eigenvalue weighted by atomic mass is 16.3. The first-order valence-electron chi connectivity index (χ1n) is 8.91. The van der Waals surface area contributed by atoms with E-state index in [2.05, 4.69) is 44.8 Å². The normalized spacial score (nSPS) is 15.1. The average Bonchev–Trinajstić information content (AvgIpc) is 2.46. The first-order chi connectivity index (χ1) is 9.89. The Bertz CT molecular complexity index is 217. The van der Waals surface area contributed by atoms with Crippen LogP contribution in [0, 0.1) is 11.8 Å². The number of rotatable bonds is 13. The fraction of sp³-hybridized carbons (Fsp3) is 1.00. The molecule has 0 aromatic carbocycles. The van der Waals surface area contributed by atoms with Crippen molar-refractivity contribution < 1.29 is 5.11 Å². The molecule has 0 saturated carbocycles. The number of aliphatic hydroxyl groups excluding tert-OH is 1. The molecule has 3 nitrogen and oxygen atoms in total. The van der Waals surface area contributed by atoms with Crippen molar-refractivity contribution in [1.29, 1.82) is 0 Å². The van der Waals surface area contributed by atoms with Crippen molar-refractivity contribution in [2.45, 2.75) is 72.3 Å². The van der Waals surface area contributed by atoms with Crippen LogP contribution in [-0.4, -0.2) is 48.8 Å². The lowest BCUT2D eigenvalue weighted by molar-refractivity contribution is 0.144. The van der Waals surface area contributed by atoms with Crippen LogP contribution in [0.5, 0.6) is 0 Å². The minimum Gasteiger partial charge on any atom is -0.394 e. The van der Waals surface area contributed by atoms with E-state index < -0.39 is 0 Å². The van der Waals surface area contributed by atoms with Crippen molar-refractivity contribution >= 4 is 0 Å². The molecule has 0 rings (SSSR count). The molecule has 0 saturated heterocycles. The van der Waals surface area contributed by atoms with E-state index in [0.29, 0.717) is 0 Å². The molecule has 0 radical (unpaired) electrons. The Balaban J connectivity index is 4.25. The van der Waals surface area contributed by atoms with Crippen LogP contribution in [0.2, 0.25) is 0 Å². The predicted octanol–water partition coefficient (Wildman–Crippen LogP) is 3.52. The SMILES string of the molecule is CCC(CO)(CCCN(CCC(C)C)CCC(C)C)NC. The Kier molecular flexibility index (Phi) is 11.4. The largest absolute Gasteiger partial charge is 0.394 e.